The SMILES string of the molecule is CNC(C)c1ccc(N2CCN(CC(C)C)CC2)nc1. The van der Waals surface area contributed by atoms with Crippen molar-refractivity contribution in [3.63, 3.8) is 0 Å². The van der Waals surface area contributed by atoms with E-state index in [0.717, 1.165) is 37.9 Å². The second-order valence-electron chi connectivity index (χ2n) is 6.14. The van der Waals surface area contributed by atoms with Crippen LogP contribution >= 0.6 is 0 Å². The summed E-state index contributed by atoms with van der Waals surface area (Å²) in [5.41, 5.74) is 1.25. The Morgan fingerprint density at radius 3 is 2.35 bits per heavy atom. The number of hydrogen-bond donors (Lipinski definition) is 1. The third-order valence-electron chi connectivity index (χ3n) is 4.02. The molecule has 0 saturated carbocycles. The number of pyridine rings is 1. The van der Waals surface area contributed by atoms with Crippen LogP contribution in [0.4, 0.5) is 5.82 Å². The summed E-state index contributed by atoms with van der Waals surface area (Å²) in [5, 5.41) is 3.24. The lowest BCUT2D eigenvalue weighted by atomic mass is 10.1. The Labute approximate surface area is 123 Å². The molecule has 0 aliphatic carbocycles. The van der Waals surface area contributed by atoms with Gasteiger partial charge in [-0.25, -0.2) is 4.98 Å². The monoisotopic (exact) mass is 276 g/mol. The van der Waals surface area contributed by atoms with Gasteiger partial charge in [-0.15, -0.1) is 0 Å². The Balaban J connectivity index is 1.90. The van der Waals surface area contributed by atoms with E-state index in [1.54, 1.807) is 0 Å². The van der Waals surface area contributed by atoms with Crippen molar-refractivity contribution in [1.82, 2.24) is 15.2 Å². The Morgan fingerprint density at radius 2 is 1.85 bits per heavy atom. The minimum absolute atomic E-state index is 0.361. The number of rotatable bonds is 5. The molecule has 0 radical (unpaired) electrons. The molecule has 20 heavy (non-hydrogen) atoms. The average molecular weight is 276 g/mol. The summed E-state index contributed by atoms with van der Waals surface area (Å²) in [7, 11) is 1.98. The molecule has 1 saturated heterocycles. The molecule has 4 nitrogen and oxygen atoms in total. The van der Waals surface area contributed by atoms with Crippen molar-refractivity contribution in [3.8, 4) is 0 Å². The summed E-state index contributed by atoms with van der Waals surface area (Å²) in [4.78, 5) is 9.57. The summed E-state index contributed by atoms with van der Waals surface area (Å²) in [6.07, 6.45) is 2.00. The van der Waals surface area contributed by atoms with Gasteiger partial charge < -0.3 is 10.2 Å². The van der Waals surface area contributed by atoms with Gasteiger partial charge in [0.15, 0.2) is 0 Å². The lowest BCUT2D eigenvalue weighted by molar-refractivity contribution is 0.231. The van der Waals surface area contributed by atoms with Crippen molar-refractivity contribution in [1.29, 1.82) is 0 Å². The molecule has 0 spiro atoms. The Kier molecular flexibility index (Phi) is 5.38. The van der Waals surface area contributed by atoms with Crippen LogP contribution in [0, 0.1) is 5.92 Å². The predicted molar refractivity (Wildman–Crippen MR) is 85.2 cm³/mol. The maximum Gasteiger partial charge on any atom is 0.128 e. The first-order valence-electron chi connectivity index (χ1n) is 7.70. The fraction of sp³-hybridized carbons (Fsp3) is 0.688. The van der Waals surface area contributed by atoms with Crippen LogP contribution in [0.25, 0.3) is 0 Å². The highest BCUT2D eigenvalue weighted by atomic mass is 15.3. The summed E-state index contributed by atoms with van der Waals surface area (Å²) < 4.78 is 0. The van der Waals surface area contributed by atoms with E-state index in [1.165, 1.54) is 12.1 Å². The Bertz CT molecular complexity index is 393. The lowest BCUT2D eigenvalue weighted by Crippen LogP contribution is -2.47. The second kappa shape index (κ2) is 7.04. The minimum atomic E-state index is 0.361. The van der Waals surface area contributed by atoms with E-state index in [9.17, 15) is 0 Å². The first-order valence-corrected chi connectivity index (χ1v) is 7.70. The second-order valence-corrected chi connectivity index (χ2v) is 6.14. The number of nitrogens with zero attached hydrogens (tertiary/aromatic N) is 3. The van der Waals surface area contributed by atoms with Crippen LogP contribution in [0.5, 0.6) is 0 Å². The van der Waals surface area contributed by atoms with Gasteiger partial charge in [0.2, 0.25) is 0 Å². The molecule has 1 aliphatic rings. The van der Waals surface area contributed by atoms with Crippen molar-refractivity contribution in [2.45, 2.75) is 26.8 Å². The van der Waals surface area contributed by atoms with Crippen molar-refractivity contribution < 1.29 is 0 Å². The Morgan fingerprint density at radius 1 is 1.15 bits per heavy atom. The third kappa shape index (κ3) is 3.93. The van der Waals surface area contributed by atoms with E-state index < -0.39 is 0 Å². The number of aromatic nitrogens is 1. The number of piperazine rings is 1. The van der Waals surface area contributed by atoms with Gasteiger partial charge >= 0.3 is 0 Å². The quantitative estimate of drug-likeness (QED) is 0.893. The van der Waals surface area contributed by atoms with Gasteiger partial charge in [-0.3, -0.25) is 4.90 Å². The molecule has 1 N–H and O–H groups in total. The largest absolute Gasteiger partial charge is 0.354 e. The highest BCUT2D eigenvalue weighted by Gasteiger charge is 2.18. The molecule has 4 heteroatoms. The van der Waals surface area contributed by atoms with E-state index in [0.29, 0.717) is 6.04 Å². The summed E-state index contributed by atoms with van der Waals surface area (Å²) in [6.45, 7) is 12.4. The number of anilines is 1. The maximum absolute atomic E-state index is 4.62. The van der Waals surface area contributed by atoms with E-state index in [4.69, 9.17) is 0 Å². The Hall–Kier alpha value is -1.13. The summed E-state index contributed by atoms with van der Waals surface area (Å²) in [5.74, 6) is 1.86. The molecule has 0 amide bonds. The highest BCUT2D eigenvalue weighted by Crippen LogP contribution is 2.17. The van der Waals surface area contributed by atoms with E-state index in [1.807, 2.05) is 13.2 Å². The summed E-state index contributed by atoms with van der Waals surface area (Å²) in [6, 6.07) is 4.70. The van der Waals surface area contributed by atoms with Gasteiger partial charge in [0, 0.05) is 45.0 Å². The van der Waals surface area contributed by atoms with Crippen molar-refractivity contribution in [2.24, 2.45) is 5.92 Å². The van der Waals surface area contributed by atoms with Crippen molar-refractivity contribution in [3.05, 3.63) is 23.9 Å². The molecule has 1 aromatic rings. The fourth-order valence-electron chi connectivity index (χ4n) is 2.68. The van der Waals surface area contributed by atoms with Gasteiger partial charge in [-0.2, -0.15) is 0 Å². The minimum Gasteiger partial charge on any atom is -0.354 e. The zero-order chi connectivity index (χ0) is 14.5. The van der Waals surface area contributed by atoms with Crippen LogP contribution in [0.3, 0.4) is 0 Å². The van der Waals surface area contributed by atoms with E-state index >= 15 is 0 Å². The molecule has 1 aliphatic heterocycles. The van der Waals surface area contributed by atoms with Gasteiger partial charge in [-0.1, -0.05) is 19.9 Å². The average Bonchev–Trinajstić information content (AvgIpc) is 2.47. The van der Waals surface area contributed by atoms with Crippen molar-refractivity contribution >= 4 is 5.82 Å². The molecule has 112 valence electrons. The van der Waals surface area contributed by atoms with Crippen LogP contribution in [-0.2, 0) is 0 Å². The molecular weight excluding hydrogens is 248 g/mol. The molecular formula is C16H28N4. The summed E-state index contributed by atoms with van der Waals surface area (Å²) >= 11 is 0. The highest BCUT2D eigenvalue weighted by molar-refractivity contribution is 5.40. The first kappa shape index (κ1) is 15.3. The van der Waals surface area contributed by atoms with Gasteiger partial charge in [0.05, 0.1) is 0 Å². The van der Waals surface area contributed by atoms with Crippen LogP contribution in [0.2, 0.25) is 0 Å². The molecule has 0 aromatic carbocycles. The van der Waals surface area contributed by atoms with Crippen LogP contribution in [0.1, 0.15) is 32.4 Å². The molecule has 0 bridgehead atoms. The standard InChI is InChI=1S/C16H28N4/c1-13(2)12-19-7-9-20(10-8-19)16-6-5-15(11-18-16)14(3)17-4/h5-6,11,13-14,17H,7-10,12H2,1-4H3. The topological polar surface area (TPSA) is 31.4 Å². The van der Waals surface area contributed by atoms with E-state index in [-0.39, 0.29) is 0 Å². The fourth-order valence-corrected chi connectivity index (χ4v) is 2.68. The molecule has 2 heterocycles. The first-order chi connectivity index (χ1) is 9.60. The van der Waals surface area contributed by atoms with E-state index in [2.05, 4.69) is 53.0 Å². The lowest BCUT2D eigenvalue weighted by Gasteiger charge is -2.36. The smallest absolute Gasteiger partial charge is 0.128 e. The number of hydrogen-bond acceptors (Lipinski definition) is 4. The third-order valence-corrected chi connectivity index (χ3v) is 4.02. The molecule has 1 aromatic heterocycles. The zero-order valence-corrected chi connectivity index (χ0v) is 13.3. The molecule has 1 fully saturated rings. The molecule has 1 atom stereocenters. The van der Waals surface area contributed by atoms with Crippen LogP contribution in [0.15, 0.2) is 18.3 Å². The predicted octanol–water partition coefficient (Wildman–Crippen LogP) is 2.14. The van der Waals surface area contributed by atoms with Gasteiger partial charge in [0.1, 0.15) is 5.82 Å². The van der Waals surface area contributed by atoms with Gasteiger partial charge in [0.25, 0.3) is 0 Å². The van der Waals surface area contributed by atoms with Crippen LogP contribution in [-0.4, -0.2) is 49.7 Å². The molecule has 2 rings (SSSR count). The van der Waals surface area contributed by atoms with Gasteiger partial charge in [-0.05, 0) is 31.5 Å². The van der Waals surface area contributed by atoms with Crippen LogP contribution < -0.4 is 10.2 Å². The zero-order valence-electron chi connectivity index (χ0n) is 13.3. The molecule has 1 unspecified atom stereocenters. The normalized spacial score (nSPS) is 18.6. The van der Waals surface area contributed by atoms with Crippen molar-refractivity contribution in [2.75, 3.05) is 44.7 Å². The maximum atomic E-state index is 4.62. The number of nitrogens with one attached hydrogen (secondary N) is 1.